The average molecular weight is 283 g/mol. The molecule has 6 nitrogen and oxygen atoms in total. The predicted molar refractivity (Wildman–Crippen MR) is 76.4 cm³/mol. The first kappa shape index (κ1) is 13.1. The molecule has 0 unspecified atom stereocenters. The fourth-order valence-corrected chi connectivity index (χ4v) is 2.18. The van der Waals surface area contributed by atoms with Gasteiger partial charge in [0.1, 0.15) is 22.9 Å². The Morgan fingerprint density at radius 1 is 1.00 bits per heavy atom. The maximum Gasteiger partial charge on any atom is 0.156 e. The van der Waals surface area contributed by atoms with E-state index in [4.69, 9.17) is 0 Å². The number of aromatic hydroxyl groups is 2. The molecule has 0 saturated heterocycles. The van der Waals surface area contributed by atoms with E-state index < -0.39 is 0 Å². The Labute approximate surface area is 120 Å². The van der Waals surface area contributed by atoms with Gasteiger partial charge in [-0.15, -0.1) is 0 Å². The first-order valence-corrected chi connectivity index (χ1v) is 6.33. The minimum Gasteiger partial charge on any atom is -0.508 e. The largest absolute Gasteiger partial charge is 0.508 e. The molecule has 2 aromatic rings. The zero-order chi connectivity index (χ0) is 14.8. The second kappa shape index (κ2) is 5.26. The Bertz CT molecular complexity index is 726. The summed E-state index contributed by atoms with van der Waals surface area (Å²) in [6, 6.07) is 13.4. The van der Waals surface area contributed by atoms with Gasteiger partial charge in [-0.3, -0.25) is 5.21 Å². The monoisotopic (exact) mass is 283 g/mol. The summed E-state index contributed by atoms with van der Waals surface area (Å²) in [7, 11) is 0. The molecule has 106 valence electrons. The average Bonchev–Trinajstić information content (AvgIpc) is 2.49. The van der Waals surface area contributed by atoms with Crippen LogP contribution in [-0.2, 0) is 0 Å². The molecular weight excluding hydrogens is 270 g/mol. The molecule has 0 amide bonds. The van der Waals surface area contributed by atoms with E-state index in [1.54, 1.807) is 0 Å². The van der Waals surface area contributed by atoms with Crippen LogP contribution in [0.2, 0.25) is 0 Å². The molecule has 2 aromatic carbocycles. The van der Waals surface area contributed by atoms with Crippen molar-refractivity contribution in [3.05, 3.63) is 59.7 Å². The molecular formula is C15H13N3O3. The number of phenols is 2. The van der Waals surface area contributed by atoms with Crippen LogP contribution in [0.1, 0.15) is 11.1 Å². The van der Waals surface area contributed by atoms with Crippen molar-refractivity contribution in [3.63, 3.8) is 0 Å². The standard InChI is InChI=1S/C15H13N3O3/c19-11-6-7-12(13(20)8-11)15-14(17-16-9-18(15)21)10-4-2-1-3-5-10/h1-8,19-21H,9H2. The highest BCUT2D eigenvalue weighted by Gasteiger charge is 2.23. The highest BCUT2D eigenvalue weighted by atomic mass is 16.5. The number of hydrogen-bond donors (Lipinski definition) is 3. The van der Waals surface area contributed by atoms with E-state index in [2.05, 4.69) is 10.2 Å². The van der Waals surface area contributed by atoms with Crippen molar-refractivity contribution in [1.29, 1.82) is 0 Å². The van der Waals surface area contributed by atoms with E-state index in [9.17, 15) is 15.4 Å². The van der Waals surface area contributed by atoms with E-state index in [1.165, 1.54) is 18.2 Å². The summed E-state index contributed by atoms with van der Waals surface area (Å²) >= 11 is 0. The predicted octanol–water partition coefficient (Wildman–Crippen LogP) is 3.04. The summed E-state index contributed by atoms with van der Waals surface area (Å²) in [5.41, 5.74) is 1.93. The van der Waals surface area contributed by atoms with E-state index in [0.29, 0.717) is 17.0 Å². The molecule has 1 aliphatic rings. The van der Waals surface area contributed by atoms with Crippen LogP contribution in [0.4, 0.5) is 0 Å². The molecule has 0 saturated carbocycles. The van der Waals surface area contributed by atoms with Crippen molar-refractivity contribution < 1.29 is 15.4 Å². The third-order valence-electron chi connectivity index (χ3n) is 3.13. The number of azo groups is 1. The number of rotatable bonds is 2. The van der Waals surface area contributed by atoms with Crippen molar-refractivity contribution in [1.82, 2.24) is 5.06 Å². The summed E-state index contributed by atoms with van der Waals surface area (Å²) in [6.45, 7) is -0.0218. The molecule has 0 aromatic heterocycles. The SMILES string of the molecule is Oc1ccc(C2=C(c3ccccc3)N=NCN2O)c(O)c1. The van der Waals surface area contributed by atoms with Crippen molar-refractivity contribution in [2.24, 2.45) is 10.2 Å². The van der Waals surface area contributed by atoms with Crippen LogP contribution < -0.4 is 0 Å². The van der Waals surface area contributed by atoms with Crippen LogP contribution in [0.15, 0.2) is 58.8 Å². The first-order chi connectivity index (χ1) is 10.2. The molecule has 0 radical (unpaired) electrons. The summed E-state index contributed by atoms with van der Waals surface area (Å²) in [6.07, 6.45) is 0. The topological polar surface area (TPSA) is 88.7 Å². The summed E-state index contributed by atoms with van der Waals surface area (Å²) in [4.78, 5) is 0. The summed E-state index contributed by atoms with van der Waals surface area (Å²) < 4.78 is 0. The molecule has 6 heteroatoms. The maximum atomic E-state index is 10.1. The van der Waals surface area contributed by atoms with Crippen LogP contribution in [0.5, 0.6) is 11.5 Å². The normalized spacial score (nSPS) is 14.6. The van der Waals surface area contributed by atoms with Crippen molar-refractivity contribution in [2.45, 2.75) is 0 Å². The Kier molecular flexibility index (Phi) is 3.29. The fraction of sp³-hybridized carbons (Fsp3) is 0.0667. The van der Waals surface area contributed by atoms with Gasteiger partial charge in [-0.2, -0.15) is 10.2 Å². The maximum absolute atomic E-state index is 10.1. The number of hydroxylamine groups is 2. The van der Waals surface area contributed by atoms with E-state index in [0.717, 1.165) is 10.6 Å². The van der Waals surface area contributed by atoms with Crippen molar-refractivity contribution >= 4 is 11.4 Å². The van der Waals surface area contributed by atoms with Gasteiger partial charge in [0, 0.05) is 17.2 Å². The molecule has 0 atom stereocenters. The smallest absolute Gasteiger partial charge is 0.156 e. The molecule has 1 aliphatic heterocycles. The quantitative estimate of drug-likeness (QED) is 0.790. The van der Waals surface area contributed by atoms with Gasteiger partial charge in [-0.25, -0.2) is 5.06 Å². The Morgan fingerprint density at radius 2 is 1.76 bits per heavy atom. The van der Waals surface area contributed by atoms with E-state index >= 15 is 0 Å². The van der Waals surface area contributed by atoms with Gasteiger partial charge in [0.05, 0.1) is 0 Å². The number of benzene rings is 2. The van der Waals surface area contributed by atoms with Crippen LogP contribution in [0, 0.1) is 0 Å². The van der Waals surface area contributed by atoms with E-state index in [1.807, 2.05) is 30.3 Å². The lowest BCUT2D eigenvalue weighted by Gasteiger charge is -2.24. The van der Waals surface area contributed by atoms with Gasteiger partial charge >= 0.3 is 0 Å². The van der Waals surface area contributed by atoms with Gasteiger partial charge in [-0.05, 0) is 12.1 Å². The van der Waals surface area contributed by atoms with Crippen molar-refractivity contribution in [2.75, 3.05) is 6.67 Å². The zero-order valence-electron chi connectivity index (χ0n) is 11.0. The van der Waals surface area contributed by atoms with Crippen LogP contribution >= 0.6 is 0 Å². The summed E-state index contributed by atoms with van der Waals surface area (Å²) in [5, 5.41) is 38.4. The first-order valence-electron chi connectivity index (χ1n) is 6.33. The lowest BCUT2D eigenvalue weighted by molar-refractivity contribution is -0.0274. The highest BCUT2D eigenvalue weighted by molar-refractivity contribution is 5.90. The number of hydrogen-bond acceptors (Lipinski definition) is 6. The zero-order valence-corrected chi connectivity index (χ0v) is 11.0. The van der Waals surface area contributed by atoms with Gasteiger partial charge in [-0.1, -0.05) is 30.3 Å². The van der Waals surface area contributed by atoms with Crippen LogP contribution in [0.3, 0.4) is 0 Å². The lowest BCUT2D eigenvalue weighted by Crippen LogP contribution is -2.21. The minimum absolute atomic E-state index is 0.0218. The second-order valence-electron chi connectivity index (χ2n) is 4.55. The Balaban J connectivity index is 2.22. The lowest BCUT2D eigenvalue weighted by atomic mass is 10.0. The minimum atomic E-state index is -0.144. The summed E-state index contributed by atoms with van der Waals surface area (Å²) in [5.74, 6) is -0.199. The Morgan fingerprint density at radius 3 is 2.48 bits per heavy atom. The van der Waals surface area contributed by atoms with Gasteiger partial charge in [0.15, 0.2) is 6.67 Å². The molecule has 1 heterocycles. The van der Waals surface area contributed by atoms with Crippen LogP contribution in [0.25, 0.3) is 11.4 Å². The molecule has 21 heavy (non-hydrogen) atoms. The fourth-order valence-electron chi connectivity index (χ4n) is 2.18. The van der Waals surface area contributed by atoms with E-state index in [-0.39, 0.29) is 18.2 Å². The molecule has 0 aliphatic carbocycles. The van der Waals surface area contributed by atoms with Gasteiger partial charge in [0.2, 0.25) is 0 Å². The molecule has 0 spiro atoms. The number of nitrogens with zero attached hydrogens (tertiary/aromatic N) is 3. The molecule has 0 bridgehead atoms. The second-order valence-corrected chi connectivity index (χ2v) is 4.55. The molecule has 3 rings (SSSR count). The molecule has 3 N–H and O–H groups in total. The third-order valence-corrected chi connectivity index (χ3v) is 3.13. The van der Waals surface area contributed by atoms with Crippen LogP contribution in [-0.4, -0.2) is 27.2 Å². The molecule has 0 fully saturated rings. The Hall–Kier alpha value is -2.86. The van der Waals surface area contributed by atoms with Crippen molar-refractivity contribution in [3.8, 4) is 11.5 Å². The highest BCUT2D eigenvalue weighted by Crippen LogP contribution is 2.37. The third kappa shape index (κ3) is 2.44. The van der Waals surface area contributed by atoms with Gasteiger partial charge in [0.25, 0.3) is 0 Å². The van der Waals surface area contributed by atoms with Gasteiger partial charge < -0.3 is 10.2 Å². The number of phenolic OH excluding ortho intramolecular Hbond substituents is 2.